The average molecular weight is 443 g/mol. The zero-order valence-electron chi connectivity index (χ0n) is 17.1. The molecule has 5 rings (SSSR count). The Hall–Kier alpha value is -4.73. The molecular weight excluding hydrogens is 426 g/mol. The van der Waals surface area contributed by atoms with Crippen molar-refractivity contribution in [1.82, 2.24) is 14.5 Å². The number of cyclic esters (lactones) is 1. The van der Waals surface area contributed by atoms with Crippen molar-refractivity contribution in [3.05, 3.63) is 77.3 Å². The minimum Gasteiger partial charge on any atom is -0.443 e. The number of nitrogen functional groups attached to an aromatic ring is 1. The Labute approximate surface area is 186 Å². The molecule has 1 aliphatic heterocycles. The van der Waals surface area contributed by atoms with Crippen LogP contribution in [0.25, 0.3) is 27.7 Å². The van der Waals surface area contributed by atoms with Crippen molar-refractivity contribution >= 4 is 35.1 Å². The van der Waals surface area contributed by atoms with E-state index in [0.717, 1.165) is 0 Å². The number of amides is 1. The second kappa shape index (κ2) is 8.08. The van der Waals surface area contributed by atoms with Crippen LogP contribution in [0.2, 0.25) is 0 Å². The molecule has 4 aromatic rings. The van der Waals surface area contributed by atoms with Crippen LogP contribution in [0, 0.1) is 0 Å². The minimum absolute atomic E-state index is 0.0795. The van der Waals surface area contributed by atoms with Gasteiger partial charge in [-0.1, -0.05) is 24.3 Å². The number of hydrogen-bond acceptors (Lipinski definition) is 8. The molecule has 164 valence electrons. The lowest BCUT2D eigenvalue weighted by Gasteiger charge is -2.19. The molecule has 2 N–H and O–H groups in total. The number of aromatic nitrogens is 3. The lowest BCUT2D eigenvalue weighted by Crippen LogP contribution is -2.35. The summed E-state index contributed by atoms with van der Waals surface area (Å²) in [5.41, 5.74) is 8.53. The van der Waals surface area contributed by atoms with E-state index < -0.39 is 12.3 Å². The summed E-state index contributed by atoms with van der Waals surface area (Å²) in [5, 5.41) is 0.374. The molecule has 0 aliphatic carbocycles. The monoisotopic (exact) mass is 443 g/mol. The second-order valence-electron chi connectivity index (χ2n) is 7.24. The molecule has 0 saturated carbocycles. The Morgan fingerprint density at radius 1 is 1.03 bits per heavy atom. The van der Waals surface area contributed by atoms with Gasteiger partial charge in [-0.2, -0.15) is 0 Å². The molecule has 0 bridgehead atoms. The van der Waals surface area contributed by atoms with Crippen molar-refractivity contribution in [3.8, 4) is 16.8 Å². The number of hydrogen-bond donors (Lipinski definition) is 1. The van der Waals surface area contributed by atoms with Crippen molar-refractivity contribution in [2.75, 3.05) is 17.2 Å². The third-order valence-corrected chi connectivity index (χ3v) is 5.29. The first-order chi connectivity index (χ1) is 16.1. The highest BCUT2D eigenvalue weighted by Crippen LogP contribution is 2.29. The molecule has 1 unspecified atom stereocenters. The number of nitrogens with zero attached hydrogens (tertiary/aromatic N) is 4. The Bertz CT molecular complexity index is 1440. The normalized spacial score (nSPS) is 15.5. The number of fused-ring (bicyclic) bond motifs is 1. The zero-order valence-corrected chi connectivity index (χ0v) is 17.1. The lowest BCUT2D eigenvalue weighted by molar-refractivity contribution is -0.133. The summed E-state index contributed by atoms with van der Waals surface area (Å²) < 4.78 is 11.3. The molecule has 3 heterocycles. The highest BCUT2D eigenvalue weighted by Gasteiger charge is 2.36. The predicted octanol–water partition coefficient (Wildman–Crippen LogP) is 2.49. The van der Waals surface area contributed by atoms with Gasteiger partial charge in [0.05, 0.1) is 28.5 Å². The summed E-state index contributed by atoms with van der Waals surface area (Å²) in [6.07, 6.45) is 1.53. The molecule has 0 spiro atoms. The largest absolute Gasteiger partial charge is 0.443 e. The van der Waals surface area contributed by atoms with Crippen molar-refractivity contribution in [2.45, 2.75) is 6.23 Å². The summed E-state index contributed by atoms with van der Waals surface area (Å²) in [7, 11) is 0. The maximum atomic E-state index is 13.3. The molecular formula is C23H17N5O5. The van der Waals surface area contributed by atoms with Gasteiger partial charge in [0.15, 0.2) is 0 Å². The molecule has 10 nitrogen and oxygen atoms in total. The molecule has 1 fully saturated rings. The van der Waals surface area contributed by atoms with Gasteiger partial charge >= 0.3 is 6.09 Å². The Kier molecular flexibility index (Phi) is 4.94. The first kappa shape index (κ1) is 20.2. The smallest absolute Gasteiger partial charge is 0.417 e. The van der Waals surface area contributed by atoms with Crippen LogP contribution in [0.4, 0.5) is 16.4 Å². The Balaban J connectivity index is 1.60. The summed E-state index contributed by atoms with van der Waals surface area (Å²) >= 11 is 0. The van der Waals surface area contributed by atoms with Crippen molar-refractivity contribution in [2.24, 2.45) is 0 Å². The molecule has 33 heavy (non-hydrogen) atoms. The second-order valence-corrected chi connectivity index (χ2v) is 7.24. The standard InChI is InChI=1S/C23H17N5O5/c24-22-26-19-7-6-14(9-18(19)21(30)28(22)16-4-2-1-3-5-16)15-8-17(11-25-10-15)27-20(33-13-29)12-32-23(27)31/h1-11,13,20H,12H2,(H2,24,26). The fraction of sp³-hybridized carbons (Fsp3) is 0.0870. The third-order valence-electron chi connectivity index (χ3n) is 5.29. The number of carbonyl (C=O) groups excluding carboxylic acids is 2. The summed E-state index contributed by atoms with van der Waals surface area (Å²) in [6.45, 7) is 0.181. The van der Waals surface area contributed by atoms with E-state index in [1.807, 2.05) is 18.2 Å². The van der Waals surface area contributed by atoms with E-state index in [1.165, 1.54) is 15.7 Å². The molecule has 2 aromatic carbocycles. The number of rotatable bonds is 5. The highest BCUT2D eigenvalue weighted by molar-refractivity contribution is 5.91. The van der Waals surface area contributed by atoms with Crippen LogP contribution in [-0.2, 0) is 14.3 Å². The minimum atomic E-state index is -0.881. The van der Waals surface area contributed by atoms with E-state index in [4.69, 9.17) is 15.2 Å². The summed E-state index contributed by atoms with van der Waals surface area (Å²) in [4.78, 5) is 46.0. The lowest BCUT2D eigenvalue weighted by atomic mass is 10.0. The molecule has 2 aromatic heterocycles. The van der Waals surface area contributed by atoms with Gasteiger partial charge in [0.1, 0.15) is 6.61 Å². The van der Waals surface area contributed by atoms with Gasteiger partial charge in [0.2, 0.25) is 12.2 Å². The molecule has 1 amide bonds. The number of anilines is 2. The molecule has 1 saturated heterocycles. The van der Waals surface area contributed by atoms with Crippen LogP contribution in [0.3, 0.4) is 0 Å². The van der Waals surface area contributed by atoms with Gasteiger partial charge < -0.3 is 15.2 Å². The maximum Gasteiger partial charge on any atom is 0.417 e. The number of carbonyl (C=O) groups is 2. The SMILES string of the molecule is Nc1nc2ccc(-c3cncc(N4C(=O)OCC4OC=O)c3)cc2c(=O)n1-c1ccccc1. The third kappa shape index (κ3) is 3.53. The number of benzene rings is 2. The number of pyridine rings is 1. The van der Waals surface area contributed by atoms with Crippen LogP contribution in [0.15, 0.2) is 71.8 Å². The van der Waals surface area contributed by atoms with Crippen LogP contribution in [0.1, 0.15) is 0 Å². The first-order valence-corrected chi connectivity index (χ1v) is 9.95. The van der Waals surface area contributed by atoms with E-state index in [0.29, 0.717) is 33.4 Å². The number of nitrogens with two attached hydrogens (primary N) is 1. The quantitative estimate of drug-likeness (QED) is 0.466. The summed E-state index contributed by atoms with van der Waals surface area (Å²) in [6, 6.07) is 15.9. The van der Waals surface area contributed by atoms with E-state index in [-0.39, 0.29) is 24.6 Å². The van der Waals surface area contributed by atoms with Gasteiger partial charge in [-0.25, -0.2) is 19.2 Å². The molecule has 1 atom stereocenters. The van der Waals surface area contributed by atoms with Crippen molar-refractivity contribution in [3.63, 3.8) is 0 Å². The Morgan fingerprint density at radius 3 is 2.64 bits per heavy atom. The van der Waals surface area contributed by atoms with E-state index >= 15 is 0 Å². The van der Waals surface area contributed by atoms with E-state index in [2.05, 4.69) is 9.97 Å². The first-order valence-electron chi connectivity index (χ1n) is 9.95. The fourth-order valence-electron chi connectivity index (χ4n) is 3.77. The van der Waals surface area contributed by atoms with Crippen molar-refractivity contribution < 1.29 is 19.1 Å². The van der Waals surface area contributed by atoms with Gasteiger partial charge in [0, 0.05) is 11.8 Å². The Morgan fingerprint density at radius 2 is 1.85 bits per heavy atom. The van der Waals surface area contributed by atoms with Gasteiger partial charge in [-0.3, -0.25) is 14.6 Å². The van der Waals surface area contributed by atoms with Crippen molar-refractivity contribution in [1.29, 1.82) is 0 Å². The van der Waals surface area contributed by atoms with Gasteiger partial charge in [0.25, 0.3) is 12.0 Å². The fourth-order valence-corrected chi connectivity index (χ4v) is 3.77. The molecule has 0 radical (unpaired) electrons. The van der Waals surface area contributed by atoms with Crippen LogP contribution >= 0.6 is 0 Å². The maximum absolute atomic E-state index is 13.3. The summed E-state index contributed by atoms with van der Waals surface area (Å²) in [5.74, 6) is 0.0869. The molecule has 10 heteroatoms. The topological polar surface area (TPSA) is 130 Å². The van der Waals surface area contributed by atoms with Crippen LogP contribution in [-0.4, -0.2) is 39.9 Å². The van der Waals surface area contributed by atoms with Crippen LogP contribution in [0.5, 0.6) is 0 Å². The predicted molar refractivity (Wildman–Crippen MR) is 120 cm³/mol. The van der Waals surface area contributed by atoms with Gasteiger partial charge in [-0.15, -0.1) is 0 Å². The van der Waals surface area contributed by atoms with E-state index in [1.54, 1.807) is 42.6 Å². The number of ether oxygens (including phenoxy) is 2. The average Bonchev–Trinajstić information content (AvgIpc) is 3.20. The van der Waals surface area contributed by atoms with E-state index in [9.17, 15) is 14.4 Å². The van der Waals surface area contributed by atoms with Crippen LogP contribution < -0.4 is 16.2 Å². The number of para-hydroxylation sites is 1. The van der Waals surface area contributed by atoms with Gasteiger partial charge in [-0.05, 0) is 35.9 Å². The zero-order chi connectivity index (χ0) is 22.9. The molecule has 1 aliphatic rings. The highest BCUT2D eigenvalue weighted by atomic mass is 16.6.